The Bertz CT molecular complexity index is 672. The van der Waals surface area contributed by atoms with Crippen LogP contribution in [0.3, 0.4) is 0 Å². The fraction of sp³-hybridized carbons (Fsp3) is 0.600. The fourth-order valence-corrected chi connectivity index (χ4v) is 4.29. The number of likely N-dealkylation sites (tertiary alicyclic amines) is 1. The lowest BCUT2D eigenvalue weighted by Crippen LogP contribution is -2.57. The van der Waals surface area contributed by atoms with Crippen LogP contribution >= 0.6 is 39.9 Å². The summed E-state index contributed by atoms with van der Waals surface area (Å²) >= 11 is 3.51. The van der Waals surface area contributed by atoms with E-state index in [2.05, 4.69) is 55.1 Å². The first-order valence-electron chi connectivity index (χ1n) is 9.81. The van der Waals surface area contributed by atoms with E-state index in [0.717, 1.165) is 69.1 Å². The van der Waals surface area contributed by atoms with E-state index in [0.29, 0.717) is 0 Å². The van der Waals surface area contributed by atoms with Crippen LogP contribution in [0, 0.1) is 0 Å². The third kappa shape index (κ3) is 6.06. The van der Waals surface area contributed by atoms with Crippen LogP contribution in [0.15, 0.2) is 33.7 Å². The van der Waals surface area contributed by atoms with Crippen LogP contribution in [0.5, 0.6) is 0 Å². The minimum atomic E-state index is -0.0260. The van der Waals surface area contributed by atoms with Gasteiger partial charge in [0.05, 0.1) is 6.04 Å². The zero-order chi connectivity index (χ0) is 19.2. The molecule has 2 heterocycles. The van der Waals surface area contributed by atoms with E-state index in [4.69, 9.17) is 0 Å². The van der Waals surface area contributed by atoms with Crippen molar-refractivity contribution in [2.24, 2.45) is 4.99 Å². The minimum Gasteiger partial charge on any atom is -0.352 e. The monoisotopic (exact) mass is 563 g/mol. The minimum absolute atomic E-state index is 0. The first-order valence-corrected chi connectivity index (χ1v) is 10.6. The maximum absolute atomic E-state index is 12.6. The lowest BCUT2D eigenvalue weighted by atomic mass is 10.2. The second kappa shape index (κ2) is 11.3. The van der Waals surface area contributed by atoms with Gasteiger partial charge in [-0.1, -0.05) is 28.1 Å². The lowest BCUT2D eigenvalue weighted by molar-refractivity contribution is -0.135. The molecule has 2 saturated heterocycles. The number of nitrogens with zero attached hydrogens (tertiary/aromatic N) is 4. The Morgan fingerprint density at radius 2 is 1.82 bits per heavy atom. The summed E-state index contributed by atoms with van der Waals surface area (Å²) in [4.78, 5) is 23.7. The van der Waals surface area contributed by atoms with Gasteiger partial charge >= 0.3 is 0 Å². The van der Waals surface area contributed by atoms with Gasteiger partial charge in [-0.3, -0.25) is 14.7 Å². The van der Waals surface area contributed by atoms with Crippen molar-refractivity contribution in [3.05, 3.63) is 34.3 Å². The number of carbonyl (C=O) groups excluding carboxylic acids is 1. The standard InChI is InChI=1S/C20H30BrN5O.HI/c1-16(19(27)25-8-3-4-9-25)24-10-12-26(13-11-24)20(22-2)23-15-17-6-5-7-18(21)14-17;/h5-7,14,16H,3-4,8-13,15H2,1-2H3,(H,22,23);1H. The summed E-state index contributed by atoms with van der Waals surface area (Å²) in [7, 11) is 1.83. The lowest BCUT2D eigenvalue weighted by Gasteiger charge is -2.39. The number of nitrogens with one attached hydrogen (secondary N) is 1. The van der Waals surface area contributed by atoms with E-state index in [1.54, 1.807) is 0 Å². The third-order valence-electron chi connectivity index (χ3n) is 5.49. The van der Waals surface area contributed by atoms with Crippen LogP contribution in [-0.4, -0.2) is 78.9 Å². The van der Waals surface area contributed by atoms with Crippen molar-refractivity contribution in [3.8, 4) is 0 Å². The molecule has 156 valence electrons. The molecule has 2 aliphatic heterocycles. The van der Waals surface area contributed by atoms with Crippen LogP contribution in [0.2, 0.25) is 0 Å². The summed E-state index contributed by atoms with van der Waals surface area (Å²) in [6, 6.07) is 8.27. The average Bonchev–Trinajstić information content (AvgIpc) is 3.23. The van der Waals surface area contributed by atoms with Gasteiger partial charge in [0.25, 0.3) is 0 Å². The number of amides is 1. The molecule has 1 N–H and O–H groups in total. The van der Waals surface area contributed by atoms with Gasteiger partial charge in [0, 0.05) is 57.3 Å². The molecular formula is C20H31BrIN5O. The molecule has 1 aromatic carbocycles. The van der Waals surface area contributed by atoms with Crippen molar-refractivity contribution in [1.29, 1.82) is 0 Å². The molecule has 3 rings (SSSR count). The van der Waals surface area contributed by atoms with Gasteiger partial charge in [-0.05, 0) is 37.5 Å². The molecular weight excluding hydrogens is 533 g/mol. The first kappa shape index (κ1) is 23.4. The van der Waals surface area contributed by atoms with Crippen molar-refractivity contribution in [2.45, 2.75) is 32.4 Å². The SMILES string of the molecule is CN=C(NCc1cccc(Br)c1)N1CCN(C(C)C(=O)N2CCCC2)CC1.I. The molecule has 1 aromatic rings. The zero-order valence-electron chi connectivity index (χ0n) is 16.7. The average molecular weight is 564 g/mol. The molecule has 1 atom stereocenters. The van der Waals surface area contributed by atoms with Gasteiger partial charge in [-0.15, -0.1) is 24.0 Å². The summed E-state index contributed by atoms with van der Waals surface area (Å²) in [5.41, 5.74) is 1.22. The maximum atomic E-state index is 12.6. The van der Waals surface area contributed by atoms with E-state index >= 15 is 0 Å². The van der Waals surface area contributed by atoms with Crippen LogP contribution < -0.4 is 5.32 Å². The van der Waals surface area contributed by atoms with Crippen LogP contribution in [0.4, 0.5) is 0 Å². The van der Waals surface area contributed by atoms with Crippen LogP contribution in [0.1, 0.15) is 25.3 Å². The number of carbonyl (C=O) groups is 1. The van der Waals surface area contributed by atoms with E-state index in [9.17, 15) is 4.79 Å². The summed E-state index contributed by atoms with van der Waals surface area (Å²) in [6.45, 7) is 8.19. The molecule has 1 amide bonds. The number of guanidine groups is 1. The molecule has 2 aliphatic rings. The molecule has 28 heavy (non-hydrogen) atoms. The largest absolute Gasteiger partial charge is 0.352 e. The molecule has 0 aromatic heterocycles. The normalized spacial score (nSPS) is 19.3. The summed E-state index contributed by atoms with van der Waals surface area (Å²) in [5, 5.41) is 3.46. The third-order valence-corrected chi connectivity index (χ3v) is 5.98. The summed E-state index contributed by atoms with van der Waals surface area (Å²) in [5.74, 6) is 1.21. The molecule has 6 nitrogen and oxygen atoms in total. The Morgan fingerprint density at radius 3 is 2.43 bits per heavy atom. The number of benzene rings is 1. The molecule has 0 bridgehead atoms. The second-order valence-electron chi connectivity index (χ2n) is 7.26. The summed E-state index contributed by atoms with van der Waals surface area (Å²) in [6.07, 6.45) is 2.29. The van der Waals surface area contributed by atoms with Crippen molar-refractivity contribution in [3.63, 3.8) is 0 Å². The highest BCUT2D eigenvalue weighted by molar-refractivity contribution is 14.0. The number of aliphatic imine (C=N–C) groups is 1. The van der Waals surface area contributed by atoms with Gasteiger partial charge in [-0.25, -0.2) is 0 Å². The Morgan fingerprint density at radius 1 is 1.14 bits per heavy atom. The number of piperazine rings is 1. The smallest absolute Gasteiger partial charge is 0.239 e. The maximum Gasteiger partial charge on any atom is 0.239 e. The highest BCUT2D eigenvalue weighted by atomic mass is 127. The van der Waals surface area contributed by atoms with Gasteiger partial charge in [0.15, 0.2) is 5.96 Å². The molecule has 8 heteroatoms. The predicted molar refractivity (Wildman–Crippen MR) is 128 cm³/mol. The van der Waals surface area contributed by atoms with Crippen molar-refractivity contribution in [2.75, 3.05) is 46.3 Å². The molecule has 2 fully saturated rings. The highest BCUT2D eigenvalue weighted by Gasteiger charge is 2.30. The number of halogens is 2. The Balaban J connectivity index is 0.00000280. The molecule has 0 saturated carbocycles. The Kier molecular flexibility index (Phi) is 9.49. The fourth-order valence-electron chi connectivity index (χ4n) is 3.84. The predicted octanol–water partition coefficient (Wildman–Crippen LogP) is 2.77. The molecule has 0 spiro atoms. The van der Waals surface area contributed by atoms with Crippen LogP contribution in [-0.2, 0) is 11.3 Å². The van der Waals surface area contributed by atoms with E-state index in [1.165, 1.54) is 5.56 Å². The molecule has 0 aliphatic carbocycles. The zero-order valence-corrected chi connectivity index (χ0v) is 20.7. The molecule has 0 radical (unpaired) electrons. The number of rotatable bonds is 4. The van der Waals surface area contributed by atoms with E-state index < -0.39 is 0 Å². The first-order chi connectivity index (χ1) is 13.1. The Hall–Kier alpha value is -0.870. The van der Waals surface area contributed by atoms with Gasteiger partial charge in [0.2, 0.25) is 5.91 Å². The topological polar surface area (TPSA) is 51.2 Å². The highest BCUT2D eigenvalue weighted by Crippen LogP contribution is 2.14. The van der Waals surface area contributed by atoms with Gasteiger partial charge in [0.1, 0.15) is 0 Å². The quantitative estimate of drug-likeness (QED) is 0.348. The Labute approximate surface area is 193 Å². The second-order valence-corrected chi connectivity index (χ2v) is 8.18. The van der Waals surface area contributed by atoms with E-state index in [-0.39, 0.29) is 35.9 Å². The number of hydrogen-bond acceptors (Lipinski definition) is 3. The molecule has 1 unspecified atom stereocenters. The summed E-state index contributed by atoms with van der Waals surface area (Å²) < 4.78 is 1.09. The van der Waals surface area contributed by atoms with Crippen LogP contribution in [0.25, 0.3) is 0 Å². The van der Waals surface area contributed by atoms with Crippen molar-refractivity contribution < 1.29 is 4.79 Å². The number of hydrogen-bond donors (Lipinski definition) is 1. The van der Waals surface area contributed by atoms with E-state index in [1.807, 2.05) is 24.1 Å². The van der Waals surface area contributed by atoms with Crippen molar-refractivity contribution >= 4 is 51.8 Å². The van der Waals surface area contributed by atoms with Gasteiger partial charge in [-0.2, -0.15) is 0 Å². The van der Waals surface area contributed by atoms with Crippen molar-refractivity contribution in [1.82, 2.24) is 20.0 Å². The van der Waals surface area contributed by atoms with Gasteiger partial charge < -0.3 is 15.1 Å².